The molecule has 0 bridgehead atoms. The summed E-state index contributed by atoms with van der Waals surface area (Å²) in [7, 11) is 0. The van der Waals surface area contributed by atoms with Gasteiger partial charge in [0.1, 0.15) is 0 Å². The van der Waals surface area contributed by atoms with E-state index in [9.17, 15) is 4.79 Å². The number of carboxylic acid groups (broad SMARTS) is 1. The summed E-state index contributed by atoms with van der Waals surface area (Å²) in [6.45, 7) is 3.67. The van der Waals surface area contributed by atoms with Gasteiger partial charge in [0.05, 0.1) is 5.56 Å². The summed E-state index contributed by atoms with van der Waals surface area (Å²) in [6.07, 6.45) is 0. The van der Waals surface area contributed by atoms with Crippen molar-refractivity contribution in [3.8, 4) is 11.1 Å². The van der Waals surface area contributed by atoms with Gasteiger partial charge in [-0.05, 0) is 54.8 Å². The molecule has 0 saturated heterocycles. The molecule has 0 aromatic heterocycles. The number of nitrogen functional groups attached to an aromatic ring is 2. The highest BCUT2D eigenvalue weighted by atomic mass is 16.4. The standard InChI is InChI=1S/C15H16N2O2/c1-8-7-10(3-5-12(8)16)14-9(2)11(15(18)19)4-6-13(14)17/h3-7H,16-17H2,1-2H3,(H,18,19). The van der Waals surface area contributed by atoms with Crippen LogP contribution in [0.25, 0.3) is 11.1 Å². The van der Waals surface area contributed by atoms with Crippen LogP contribution in [0.5, 0.6) is 0 Å². The Balaban J connectivity index is 2.70. The van der Waals surface area contributed by atoms with Gasteiger partial charge >= 0.3 is 5.97 Å². The van der Waals surface area contributed by atoms with Gasteiger partial charge in [0, 0.05) is 16.9 Å². The predicted molar refractivity (Wildman–Crippen MR) is 77.1 cm³/mol. The molecule has 0 aliphatic rings. The first-order valence-corrected chi connectivity index (χ1v) is 5.90. The third-order valence-electron chi connectivity index (χ3n) is 3.29. The van der Waals surface area contributed by atoms with Crippen LogP contribution in [0.2, 0.25) is 0 Å². The number of aromatic carboxylic acids is 1. The van der Waals surface area contributed by atoms with Crippen LogP contribution in [0, 0.1) is 13.8 Å². The molecule has 2 aromatic carbocycles. The zero-order chi connectivity index (χ0) is 14.2. The van der Waals surface area contributed by atoms with Gasteiger partial charge in [-0.15, -0.1) is 0 Å². The van der Waals surface area contributed by atoms with Gasteiger partial charge in [-0.3, -0.25) is 0 Å². The summed E-state index contributed by atoms with van der Waals surface area (Å²) < 4.78 is 0. The summed E-state index contributed by atoms with van der Waals surface area (Å²) >= 11 is 0. The zero-order valence-electron chi connectivity index (χ0n) is 10.9. The molecule has 2 aromatic rings. The number of carboxylic acids is 1. The molecule has 5 N–H and O–H groups in total. The summed E-state index contributed by atoms with van der Waals surface area (Å²) in [4.78, 5) is 11.2. The number of benzene rings is 2. The van der Waals surface area contributed by atoms with Gasteiger partial charge < -0.3 is 16.6 Å². The van der Waals surface area contributed by atoms with Crippen LogP contribution >= 0.6 is 0 Å². The Kier molecular flexibility index (Phi) is 3.17. The Morgan fingerprint density at radius 3 is 2.26 bits per heavy atom. The van der Waals surface area contributed by atoms with E-state index in [1.807, 2.05) is 19.1 Å². The van der Waals surface area contributed by atoms with E-state index >= 15 is 0 Å². The second-order valence-electron chi connectivity index (χ2n) is 4.58. The number of anilines is 2. The Hall–Kier alpha value is -2.49. The van der Waals surface area contributed by atoms with E-state index in [4.69, 9.17) is 16.6 Å². The molecule has 0 spiro atoms. The molecule has 4 heteroatoms. The number of hydrogen-bond acceptors (Lipinski definition) is 3. The first-order chi connectivity index (χ1) is 8.91. The fourth-order valence-electron chi connectivity index (χ4n) is 2.18. The van der Waals surface area contributed by atoms with Crippen LogP contribution in [0.15, 0.2) is 30.3 Å². The van der Waals surface area contributed by atoms with E-state index in [1.165, 1.54) is 6.07 Å². The van der Waals surface area contributed by atoms with Gasteiger partial charge in [0.2, 0.25) is 0 Å². The smallest absolute Gasteiger partial charge is 0.335 e. The third-order valence-corrected chi connectivity index (χ3v) is 3.29. The van der Waals surface area contributed by atoms with Crippen molar-refractivity contribution in [2.75, 3.05) is 11.5 Å². The van der Waals surface area contributed by atoms with Crippen molar-refractivity contribution in [2.24, 2.45) is 0 Å². The minimum absolute atomic E-state index is 0.263. The van der Waals surface area contributed by atoms with Crippen molar-refractivity contribution < 1.29 is 9.90 Å². The maximum absolute atomic E-state index is 11.2. The SMILES string of the molecule is Cc1cc(-c2c(N)ccc(C(=O)O)c2C)ccc1N. The molecule has 0 radical (unpaired) electrons. The summed E-state index contributed by atoms with van der Waals surface area (Å²) in [5, 5.41) is 9.17. The Bertz CT molecular complexity index is 663. The highest BCUT2D eigenvalue weighted by molar-refractivity contribution is 5.95. The molecule has 0 saturated carbocycles. The quantitative estimate of drug-likeness (QED) is 0.721. The first kappa shape index (κ1) is 13.0. The minimum atomic E-state index is -0.953. The van der Waals surface area contributed by atoms with Crippen molar-refractivity contribution in [2.45, 2.75) is 13.8 Å². The highest BCUT2D eigenvalue weighted by Gasteiger charge is 2.14. The molecule has 0 amide bonds. The van der Waals surface area contributed by atoms with Crippen molar-refractivity contribution in [1.82, 2.24) is 0 Å². The topological polar surface area (TPSA) is 89.3 Å². The molecule has 2 rings (SSSR count). The van der Waals surface area contributed by atoms with Crippen LogP contribution in [0.4, 0.5) is 11.4 Å². The van der Waals surface area contributed by atoms with Crippen molar-refractivity contribution in [1.29, 1.82) is 0 Å². The van der Waals surface area contributed by atoms with Crippen molar-refractivity contribution >= 4 is 17.3 Å². The number of rotatable bonds is 2. The molecule has 0 heterocycles. The lowest BCUT2D eigenvalue weighted by molar-refractivity contribution is 0.0696. The van der Waals surface area contributed by atoms with Gasteiger partial charge in [0.15, 0.2) is 0 Å². The van der Waals surface area contributed by atoms with Crippen LogP contribution < -0.4 is 11.5 Å². The lowest BCUT2D eigenvalue weighted by Crippen LogP contribution is -2.03. The molecule has 19 heavy (non-hydrogen) atoms. The molecule has 0 unspecified atom stereocenters. The van der Waals surface area contributed by atoms with Crippen LogP contribution in [-0.4, -0.2) is 11.1 Å². The molecular weight excluding hydrogens is 240 g/mol. The normalized spacial score (nSPS) is 10.4. The van der Waals surface area contributed by atoms with Crippen LogP contribution in [0.1, 0.15) is 21.5 Å². The largest absolute Gasteiger partial charge is 0.478 e. The van der Waals surface area contributed by atoms with Crippen LogP contribution in [-0.2, 0) is 0 Å². The molecule has 4 nitrogen and oxygen atoms in total. The Labute approximate surface area is 111 Å². The predicted octanol–water partition coefficient (Wildman–Crippen LogP) is 2.83. The van der Waals surface area contributed by atoms with Gasteiger partial charge in [-0.25, -0.2) is 4.79 Å². The van der Waals surface area contributed by atoms with Gasteiger partial charge in [-0.2, -0.15) is 0 Å². The van der Waals surface area contributed by atoms with E-state index in [1.54, 1.807) is 19.1 Å². The Morgan fingerprint density at radius 1 is 1.05 bits per heavy atom. The summed E-state index contributed by atoms with van der Waals surface area (Å²) in [5.74, 6) is -0.953. The lowest BCUT2D eigenvalue weighted by Gasteiger charge is -2.13. The second-order valence-corrected chi connectivity index (χ2v) is 4.58. The number of aryl methyl sites for hydroxylation is 1. The minimum Gasteiger partial charge on any atom is -0.478 e. The van der Waals surface area contributed by atoms with Crippen LogP contribution in [0.3, 0.4) is 0 Å². The average Bonchev–Trinajstić information content (AvgIpc) is 2.33. The zero-order valence-corrected chi connectivity index (χ0v) is 10.9. The third kappa shape index (κ3) is 2.25. The monoisotopic (exact) mass is 256 g/mol. The molecule has 0 fully saturated rings. The maximum Gasteiger partial charge on any atom is 0.335 e. The fraction of sp³-hybridized carbons (Fsp3) is 0.133. The van der Waals surface area contributed by atoms with E-state index in [-0.39, 0.29) is 5.56 Å². The summed E-state index contributed by atoms with van der Waals surface area (Å²) in [6, 6.07) is 8.72. The van der Waals surface area contributed by atoms with Gasteiger partial charge in [0.25, 0.3) is 0 Å². The molecule has 0 atom stereocenters. The Morgan fingerprint density at radius 2 is 1.68 bits per heavy atom. The van der Waals surface area contributed by atoms with Crippen molar-refractivity contribution in [3.05, 3.63) is 47.0 Å². The number of hydrogen-bond donors (Lipinski definition) is 3. The van der Waals surface area contributed by atoms with E-state index in [0.717, 1.165) is 16.7 Å². The number of carbonyl (C=O) groups is 1. The molecule has 0 aliphatic carbocycles. The van der Waals surface area contributed by atoms with Crippen molar-refractivity contribution in [3.63, 3.8) is 0 Å². The highest BCUT2D eigenvalue weighted by Crippen LogP contribution is 2.33. The molecular formula is C15H16N2O2. The molecule has 0 aliphatic heterocycles. The number of nitrogens with two attached hydrogens (primary N) is 2. The maximum atomic E-state index is 11.2. The summed E-state index contributed by atoms with van der Waals surface area (Å²) in [5.41, 5.74) is 16.5. The average molecular weight is 256 g/mol. The van der Waals surface area contributed by atoms with E-state index in [2.05, 4.69) is 0 Å². The van der Waals surface area contributed by atoms with E-state index < -0.39 is 5.97 Å². The fourth-order valence-corrected chi connectivity index (χ4v) is 2.18. The second kappa shape index (κ2) is 4.65. The molecule has 98 valence electrons. The lowest BCUT2D eigenvalue weighted by atomic mass is 9.93. The van der Waals surface area contributed by atoms with Gasteiger partial charge in [-0.1, -0.05) is 6.07 Å². The first-order valence-electron chi connectivity index (χ1n) is 5.90. The van der Waals surface area contributed by atoms with E-state index in [0.29, 0.717) is 16.9 Å².